The Kier molecular flexibility index (Phi) is 14.5. The van der Waals surface area contributed by atoms with Gasteiger partial charge in [0, 0.05) is 60.6 Å². The Labute approximate surface area is 413 Å². The Hall–Kier alpha value is -6.36. The molecule has 0 amide bonds. The van der Waals surface area contributed by atoms with Gasteiger partial charge in [-0.3, -0.25) is 49.5 Å². The number of rotatable bonds is 17. The summed E-state index contributed by atoms with van der Waals surface area (Å²) >= 11 is 0. The molecule has 0 heterocycles. The van der Waals surface area contributed by atoms with Gasteiger partial charge in [0.1, 0.15) is 18.0 Å². The van der Waals surface area contributed by atoms with Gasteiger partial charge < -0.3 is 19.3 Å². The van der Waals surface area contributed by atoms with Crippen LogP contribution in [-0.2, 0) is 52.7 Å². The van der Waals surface area contributed by atoms with E-state index in [0.29, 0.717) is 42.4 Å². The lowest BCUT2D eigenvalue weighted by atomic mass is 9.36. The maximum atomic E-state index is 14.2. The second kappa shape index (κ2) is 19.7. The van der Waals surface area contributed by atoms with Gasteiger partial charge in [0.2, 0.25) is 0 Å². The van der Waals surface area contributed by atoms with Crippen LogP contribution in [0.15, 0.2) is 83.9 Å². The lowest BCUT2D eigenvalue weighted by molar-refractivity contribution is -0.385. The lowest BCUT2D eigenvalue weighted by Crippen LogP contribution is -2.66. The highest BCUT2D eigenvalue weighted by Crippen LogP contribution is 2.74. The molecule has 0 unspecified atom stereocenters. The van der Waals surface area contributed by atoms with Crippen molar-refractivity contribution in [3.63, 3.8) is 0 Å². The van der Waals surface area contributed by atoms with Crippen LogP contribution in [0.3, 0.4) is 0 Å². The second-order valence-electron chi connectivity index (χ2n) is 22.2. The first kappa shape index (κ1) is 52.5. The molecule has 0 aromatic heterocycles. The Morgan fingerprint density at radius 3 is 1.63 bits per heavy atom. The molecule has 1 N–H and O–H groups in total. The standard InChI is InChI=1S/C54H65N3O14/c1-32(27-42(70-46(60)29-34-11-17-37(18-12-34)56(65)66)49(51(4,5)62)71-47(61)30-35-13-19-38(20-14-35)57(67)68)39-21-25-53(7)40(39)31-41(69-45(59)28-33-9-15-36(16-10-33)55(63)64)48-52(6)24-23-44(58)50(2,3)43(52)22-26-54(48,53)8/h9-20,32,41-43,48-49,62H,21-31H2,1-8H3/t32-,41+,42+,43+,48+,49-,52+,53+,54+/m1/s1. The maximum absolute atomic E-state index is 14.2. The van der Waals surface area contributed by atoms with Crippen LogP contribution in [0.1, 0.15) is 123 Å². The summed E-state index contributed by atoms with van der Waals surface area (Å²) in [4.78, 5) is 87.7. The number of carbonyl (C=O) groups excluding carboxylic acids is 4. The van der Waals surface area contributed by atoms with Gasteiger partial charge in [0.05, 0.1) is 39.6 Å². The molecule has 3 aromatic rings. The fourth-order valence-corrected chi connectivity index (χ4v) is 13.5. The van der Waals surface area contributed by atoms with E-state index < -0.39 is 67.4 Å². The van der Waals surface area contributed by atoms with Crippen molar-refractivity contribution in [1.29, 1.82) is 0 Å². The van der Waals surface area contributed by atoms with Crippen LogP contribution in [-0.4, -0.2) is 67.5 Å². The van der Waals surface area contributed by atoms with Crippen LogP contribution in [0.5, 0.6) is 0 Å². The maximum Gasteiger partial charge on any atom is 0.310 e. The van der Waals surface area contributed by atoms with Gasteiger partial charge in [0.25, 0.3) is 17.1 Å². The third-order valence-electron chi connectivity index (χ3n) is 17.1. The van der Waals surface area contributed by atoms with E-state index >= 15 is 0 Å². The van der Waals surface area contributed by atoms with Gasteiger partial charge in [-0.15, -0.1) is 0 Å². The molecule has 3 aromatic carbocycles. The van der Waals surface area contributed by atoms with Crippen LogP contribution < -0.4 is 0 Å². The van der Waals surface area contributed by atoms with Gasteiger partial charge in [0.15, 0.2) is 6.10 Å². The topological polar surface area (TPSA) is 246 Å². The van der Waals surface area contributed by atoms with Crippen LogP contribution in [0, 0.1) is 69.8 Å². The third kappa shape index (κ3) is 10.4. The molecule has 4 aliphatic carbocycles. The average molecular weight is 980 g/mol. The van der Waals surface area contributed by atoms with Crippen molar-refractivity contribution in [2.45, 2.75) is 150 Å². The molecule has 3 saturated carbocycles. The number of nitrogens with zero attached hydrogens (tertiary/aromatic N) is 3. The Balaban J connectivity index is 1.24. The lowest BCUT2D eigenvalue weighted by Gasteiger charge is -2.69. The molecule has 17 heteroatoms. The molecule has 4 aliphatic rings. The van der Waals surface area contributed by atoms with Crippen molar-refractivity contribution in [2.24, 2.45) is 39.4 Å². The first-order valence-corrected chi connectivity index (χ1v) is 24.4. The number of Topliss-reactive ketones (excluding diaryl/α,β-unsaturated/α-hetero) is 1. The fraction of sp³-hybridized carbons (Fsp3) is 0.556. The Bertz CT molecular complexity index is 2620. The average Bonchev–Trinajstić information content (AvgIpc) is 3.64. The van der Waals surface area contributed by atoms with E-state index in [9.17, 15) is 54.6 Å². The van der Waals surface area contributed by atoms with Crippen molar-refractivity contribution in [3.05, 3.63) is 131 Å². The molecule has 17 nitrogen and oxygen atoms in total. The number of hydrogen-bond donors (Lipinski definition) is 1. The van der Waals surface area contributed by atoms with Crippen molar-refractivity contribution in [3.8, 4) is 0 Å². The van der Waals surface area contributed by atoms with Crippen LogP contribution in [0.4, 0.5) is 17.1 Å². The number of non-ortho nitro benzene ring substituents is 3. The molecule has 0 spiro atoms. The fourth-order valence-electron chi connectivity index (χ4n) is 13.5. The first-order valence-electron chi connectivity index (χ1n) is 24.4. The molecular weight excluding hydrogens is 915 g/mol. The van der Waals surface area contributed by atoms with Gasteiger partial charge in [-0.25, -0.2) is 0 Å². The molecular formula is C54H65N3O14. The summed E-state index contributed by atoms with van der Waals surface area (Å²) in [5, 5.41) is 45.7. The van der Waals surface area contributed by atoms with Crippen LogP contribution >= 0.6 is 0 Å². The number of hydrogen-bond acceptors (Lipinski definition) is 14. The van der Waals surface area contributed by atoms with Crippen molar-refractivity contribution in [1.82, 2.24) is 0 Å². The third-order valence-corrected chi connectivity index (χ3v) is 17.1. The predicted octanol–water partition coefficient (Wildman–Crippen LogP) is 9.90. The molecule has 0 aliphatic heterocycles. The van der Waals surface area contributed by atoms with Crippen molar-refractivity contribution < 1.29 is 53.3 Å². The number of benzene rings is 3. The molecule has 380 valence electrons. The zero-order chi connectivity index (χ0) is 52.0. The predicted molar refractivity (Wildman–Crippen MR) is 260 cm³/mol. The highest BCUT2D eigenvalue weighted by Gasteiger charge is 2.70. The van der Waals surface area contributed by atoms with Gasteiger partial charge in [-0.2, -0.15) is 0 Å². The molecule has 71 heavy (non-hydrogen) atoms. The summed E-state index contributed by atoms with van der Waals surface area (Å²) in [6.07, 6.45) is 0.734. The summed E-state index contributed by atoms with van der Waals surface area (Å²) in [6.45, 7) is 15.9. The SMILES string of the molecule is C[C@H](C[C@H](OC(=O)Cc1ccc([N+](=O)[O-])cc1)[C@@H](OC(=O)Cc1ccc([N+](=O)[O-])cc1)C(C)(C)O)C1=C2C[C@H](OC(=O)Cc3ccc([N+](=O)[O-])cc3)[C@H]3[C@@]4(C)CCC(=O)C(C)(C)[C@@H]4CC[C@]3(C)[C@@]2(C)CC1. The summed E-state index contributed by atoms with van der Waals surface area (Å²) < 4.78 is 18.9. The number of allylic oxidation sites excluding steroid dienone is 1. The highest BCUT2D eigenvalue weighted by molar-refractivity contribution is 5.85. The van der Waals surface area contributed by atoms with E-state index in [1.165, 1.54) is 74.5 Å². The second-order valence-corrected chi connectivity index (χ2v) is 22.2. The van der Waals surface area contributed by atoms with E-state index in [1.54, 1.807) is 12.1 Å². The quantitative estimate of drug-likeness (QED) is 0.0435. The number of esters is 3. The number of ether oxygens (including phenoxy) is 3. The normalized spacial score (nSPS) is 26.9. The minimum absolute atomic E-state index is 0.0439. The summed E-state index contributed by atoms with van der Waals surface area (Å²) in [7, 11) is 0. The highest BCUT2D eigenvalue weighted by atomic mass is 16.6. The molecule has 3 fully saturated rings. The Morgan fingerprint density at radius 1 is 0.704 bits per heavy atom. The summed E-state index contributed by atoms with van der Waals surface area (Å²) in [6, 6.07) is 16.7. The van der Waals surface area contributed by atoms with E-state index in [2.05, 4.69) is 20.8 Å². The number of nitro groups is 3. The van der Waals surface area contributed by atoms with Gasteiger partial charge >= 0.3 is 17.9 Å². The molecule has 0 radical (unpaired) electrons. The minimum Gasteiger partial charge on any atom is -0.461 e. The molecule has 7 rings (SSSR count). The van der Waals surface area contributed by atoms with Crippen LogP contribution in [0.25, 0.3) is 0 Å². The summed E-state index contributed by atoms with van der Waals surface area (Å²) in [5.74, 6) is -2.15. The van der Waals surface area contributed by atoms with E-state index in [-0.39, 0.29) is 77.1 Å². The number of aliphatic hydroxyl groups is 1. The zero-order valence-corrected chi connectivity index (χ0v) is 41.8. The van der Waals surface area contributed by atoms with Gasteiger partial charge in [-0.1, -0.05) is 89.1 Å². The number of carbonyl (C=O) groups is 4. The first-order chi connectivity index (χ1) is 33.2. The van der Waals surface area contributed by atoms with Crippen molar-refractivity contribution in [2.75, 3.05) is 0 Å². The van der Waals surface area contributed by atoms with E-state index in [4.69, 9.17) is 14.2 Å². The minimum atomic E-state index is -1.76. The molecule has 0 bridgehead atoms. The van der Waals surface area contributed by atoms with E-state index in [0.717, 1.165) is 30.4 Å². The number of fused-ring (bicyclic) bond motifs is 5. The van der Waals surface area contributed by atoms with Crippen molar-refractivity contribution >= 4 is 40.8 Å². The number of nitro benzene ring substituents is 3. The largest absolute Gasteiger partial charge is 0.461 e. The monoisotopic (exact) mass is 979 g/mol. The van der Waals surface area contributed by atoms with Crippen LogP contribution in [0.2, 0.25) is 0 Å². The summed E-state index contributed by atoms with van der Waals surface area (Å²) in [5.41, 5.74) is -0.250. The smallest absolute Gasteiger partial charge is 0.310 e. The number of ketones is 1. The molecule has 9 atom stereocenters. The molecule has 0 saturated heterocycles. The Morgan fingerprint density at radius 2 is 1.17 bits per heavy atom. The van der Waals surface area contributed by atoms with E-state index in [1.807, 2.05) is 20.8 Å². The van der Waals surface area contributed by atoms with Gasteiger partial charge in [-0.05, 0) is 97.1 Å². The zero-order valence-electron chi connectivity index (χ0n) is 41.8.